The van der Waals surface area contributed by atoms with Crippen LogP contribution in [0, 0.1) is 6.92 Å². The molecule has 0 aliphatic heterocycles. The minimum absolute atomic E-state index is 0.123. The fourth-order valence-corrected chi connectivity index (χ4v) is 4.70. The lowest BCUT2D eigenvalue weighted by molar-refractivity contribution is -0.115. The zero-order valence-corrected chi connectivity index (χ0v) is 22.8. The summed E-state index contributed by atoms with van der Waals surface area (Å²) in [7, 11) is 0. The molecule has 5 aromatic rings. The molecule has 1 amide bonds. The number of aryl methyl sites for hydroxylation is 1. The van der Waals surface area contributed by atoms with Gasteiger partial charge in [-0.1, -0.05) is 40.9 Å². The number of nitrogens with zero attached hydrogens (tertiary/aromatic N) is 1. The Morgan fingerprint density at radius 1 is 0.921 bits per heavy atom. The molecule has 2 aromatic heterocycles. The number of anilines is 1. The molecule has 0 fully saturated rings. The number of rotatable bonds is 5. The third kappa shape index (κ3) is 5.92. The van der Waals surface area contributed by atoms with Crippen molar-refractivity contribution >= 4 is 80.9 Å². The van der Waals surface area contributed by atoms with Crippen molar-refractivity contribution in [1.29, 1.82) is 0 Å². The summed E-state index contributed by atoms with van der Waals surface area (Å²) >= 11 is 23.8. The predicted octanol–water partition coefficient (Wildman–Crippen LogP) is 8.55. The Hall–Kier alpha value is -3.62. The van der Waals surface area contributed by atoms with E-state index < -0.39 is 5.91 Å². The van der Waals surface area contributed by atoms with Crippen LogP contribution in [0.25, 0.3) is 40.0 Å². The molecular formula is C28H18Cl3N3O3S. The fourth-order valence-electron chi connectivity index (χ4n) is 3.66. The van der Waals surface area contributed by atoms with Gasteiger partial charge < -0.3 is 14.2 Å². The van der Waals surface area contributed by atoms with Gasteiger partial charge in [-0.15, -0.1) is 0 Å². The van der Waals surface area contributed by atoms with E-state index in [4.69, 9.17) is 55.9 Å². The Morgan fingerprint density at radius 2 is 1.71 bits per heavy atom. The molecule has 2 heterocycles. The van der Waals surface area contributed by atoms with Crippen LogP contribution < -0.4 is 10.6 Å². The van der Waals surface area contributed by atoms with Gasteiger partial charge in [0.15, 0.2) is 10.7 Å². The van der Waals surface area contributed by atoms with Crippen molar-refractivity contribution in [3.05, 3.63) is 99.2 Å². The van der Waals surface area contributed by atoms with E-state index in [2.05, 4.69) is 15.6 Å². The molecule has 0 aliphatic carbocycles. The summed E-state index contributed by atoms with van der Waals surface area (Å²) in [5, 5.41) is 7.26. The number of aromatic nitrogens is 1. The predicted molar refractivity (Wildman–Crippen MR) is 157 cm³/mol. The van der Waals surface area contributed by atoms with Gasteiger partial charge in [-0.05, 0) is 91.4 Å². The highest BCUT2D eigenvalue weighted by Gasteiger charge is 2.13. The van der Waals surface area contributed by atoms with Crippen LogP contribution in [-0.2, 0) is 4.79 Å². The molecule has 190 valence electrons. The molecule has 0 atom stereocenters. The van der Waals surface area contributed by atoms with E-state index in [1.807, 2.05) is 25.1 Å². The van der Waals surface area contributed by atoms with Gasteiger partial charge in [0, 0.05) is 22.3 Å². The minimum Gasteiger partial charge on any atom is -0.457 e. The Bertz CT molecular complexity index is 1730. The largest absolute Gasteiger partial charge is 0.457 e. The Kier molecular flexibility index (Phi) is 7.53. The zero-order valence-electron chi connectivity index (χ0n) is 19.7. The number of carbonyl (C=O) groups is 1. The maximum Gasteiger partial charge on any atom is 0.250 e. The molecule has 0 saturated heterocycles. The van der Waals surface area contributed by atoms with Crippen molar-refractivity contribution in [3.63, 3.8) is 0 Å². The maximum atomic E-state index is 12.4. The number of oxazole rings is 1. The molecule has 0 spiro atoms. The number of fused-ring (bicyclic) bond motifs is 1. The van der Waals surface area contributed by atoms with Crippen LogP contribution in [0.3, 0.4) is 0 Å². The Labute approximate surface area is 238 Å². The summed E-state index contributed by atoms with van der Waals surface area (Å²) in [6.07, 6.45) is 2.85. The lowest BCUT2D eigenvalue weighted by Crippen LogP contribution is -2.32. The molecule has 38 heavy (non-hydrogen) atoms. The highest BCUT2D eigenvalue weighted by Crippen LogP contribution is 2.33. The normalized spacial score (nSPS) is 11.3. The molecule has 0 saturated carbocycles. The maximum absolute atomic E-state index is 12.4. The highest BCUT2D eigenvalue weighted by molar-refractivity contribution is 7.80. The number of hydrogen-bond donors (Lipinski definition) is 2. The van der Waals surface area contributed by atoms with Crippen molar-refractivity contribution < 1.29 is 13.6 Å². The fraction of sp³-hybridized carbons (Fsp3) is 0.0357. The van der Waals surface area contributed by atoms with E-state index in [9.17, 15) is 4.79 Å². The van der Waals surface area contributed by atoms with Crippen LogP contribution in [0.15, 0.2) is 81.6 Å². The number of nitrogens with one attached hydrogen (secondary N) is 2. The standard InChI is InChI=1S/C28H18Cl3N3O3S/c1-15-2-7-20(21(30)12-15)27-33-23-14-17(4-9-25(23)37-27)32-28(38)34-26(35)11-6-18-5-10-24(36-18)19-8-3-16(29)13-22(19)31/h2-14H,1H3,(H2,32,34,35,38)/b11-6+. The van der Waals surface area contributed by atoms with Crippen LogP contribution in [0.2, 0.25) is 15.1 Å². The van der Waals surface area contributed by atoms with E-state index in [1.54, 1.807) is 48.5 Å². The second-order valence-electron chi connectivity index (χ2n) is 8.29. The Morgan fingerprint density at radius 3 is 2.50 bits per heavy atom. The number of furan rings is 1. The van der Waals surface area contributed by atoms with Crippen molar-refractivity contribution in [3.8, 4) is 22.8 Å². The van der Waals surface area contributed by atoms with E-state index in [-0.39, 0.29) is 5.11 Å². The van der Waals surface area contributed by atoms with Crippen LogP contribution >= 0.6 is 47.0 Å². The molecule has 2 N–H and O–H groups in total. The van der Waals surface area contributed by atoms with Gasteiger partial charge in [0.1, 0.15) is 17.0 Å². The van der Waals surface area contributed by atoms with Gasteiger partial charge in [0.2, 0.25) is 11.8 Å². The first-order valence-electron chi connectivity index (χ1n) is 11.3. The number of carbonyl (C=O) groups excluding carboxylic acids is 1. The molecule has 5 rings (SSSR count). The molecule has 10 heteroatoms. The second-order valence-corrected chi connectivity index (χ2v) is 9.95. The third-order valence-electron chi connectivity index (χ3n) is 5.46. The molecule has 0 aliphatic rings. The number of benzene rings is 3. The molecule has 0 bridgehead atoms. The van der Waals surface area contributed by atoms with E-state index in [0.717, 1.165) is 5.56 Å². The number of halogens is 3. The average Bonchev–Trinajstić information content (AvgIpc) is 3.49. The van der Waals surface area contributed by atoms with Crippen LogP contribution in [-0.4, -0.2) is 16.0 Å². The summed E-state index contributed by atoms with van der Waals surface area (Å²) in [5.41, 5.74) is 4.30. The lowest BCUT2D eigenvalue weighted by Gasteiger charge is -2.07. The van der Waals surface area contributed by atoms with Crippen LogP contribution in [0.5, 0.6) is 0 Å². The number of amides is 1. The monoisotopic (exact) mass is 581 g/mol. The first kappa shape index (κ1) is 26.0. The zero-order chi connectivity index (χ0) is 26.8. The summed E-state index contributed by atoms with van der Waals surface area (Å²) in [4.78, 5) is 16.9. The number of hydrogen-bond acceptors (Lipinski definition) is 5. The van der Waals surface area contributed by atoms with Gasteiger partial charge in [0.25, 0.3) is 0 Å². The van der Waals surface area contributed by atoms with E-state index in [0.29, 0.717) is 60.4 Å². The van der Waals surface area contributed by atoms with Crippen molar-refractivity contribution in [2.75, 3.05) is 5.32 Å². The molecular weight excluding hydrogens is 565 g/mol. The minimum atomic E-state index is -0.427. The quantitative estimate of drug-likeness (QED) is 0.160. The summed E-state index contributed by atoms with van der Waals surface area (Å²) in [5.74, 6) is 1.02. The second kappa shape index (κ2) is 11.0. The van der Waals surface area contributed by atoms with E-state index >= 15 is 0 Å². The van der Waals surface area contributed by atoms with Crippen molar-refractivity contribution in [1.82, 2.24) is 10.3 Å². The van der Waals surface area contributed by atoms with Crippen LogP contribution in [0.4, 0.5) is 5.69 Å². The first-order chi connectivity index (χ1) is 18.2. The Balaban J connectivity index is 1.21. The SMILES string of the molecule is Cc1ccc(-c2nc3cc(NC(=S)NC(=O)/C=C/c4ccc(-c5ccc(Cl)cc5Cl)o4)ccc3o2)c(Cl)c1. The average molecular weight is 583 g/mol. The molecule has 0 unspecified atom stereocenters. The van der Waals surface area contributed by atoms with Crippen molar-refractivity contribution in [2.24, 2.45) is 0 Å². The molecule has 3 aromatic carbocycles. The molecule has 6 nitrogen and oxygen atoms in total. The smallest absolute Gasteiger partial charge is 0.250 e. The van der Waals surface area contributed by atoms with Gasteiger partial charge in [-0.25, -0.2) is 4.98 Å². The summed E-state index contributed by atoms with van der Waals surface area (Å²) < 4.78 is 11.6. The van der Waals surface area contributed by atoms with Gasteiger partial charge in [-0.2, -0.15) is 0 Å². The number of thiocarbonyl (C=S) groups is 1. The lowest BCUT2D eigenvalue weighted by atomic mass is 10.1. The van der Waals surface area contributed by atoms with Gasteiger partial charge >= 0.3 is 0 Å². The van der Waals surface area contributed by atoms with Crippen LogP contribution in [0.1, 0.15) is 11.3 Å². The highest BCUT2D eigenvalue weighted by atomic mass is 35.5. The third-order valence-corrected chi connectivity index (χ3v) is 6.52. The summed E-state index contributed by atoms with van der Waals surface area (Å²) in [6, 6.07) is 19.6. The topological polar surface area (TPSA) is 80.3 Å². The van der Waals surface area contributed by atoms with Gasteiger partial charge in [0.05, 0.1) is 15.6 Å². The van der Waals surface area contributed by atoms with E-state index in [1.165, 1.54) is 12.2 Å². The van der Waals surface area contributed by atoms with Crippen molar-refractivity contribution in [2.45, 2.75) is 6.92 Å². The first-order valence-corrected chi connectivity index (χ1v) is 12.8. The molecule has 0 radical (unpaired) electrons. The summed E-state index contributed by atoms with van der Waals surface area (Å²) in [6.45, 7) is 1.96. The van der Waals surface area contributed by atoms with Gasteiger partial charge in [-0.3, -0.25) is 10.1 Å².